The number of hydrogen-bond acceptors (Lipinski definition) is 3. The van der Waals surface area contributed by atoms with Gasteiger partial charge in [0.1, 0.15) is 5.75 Å². The van der Waals surface area contributed by atoms with Crippen LogP contribution in [0.5, 0.6) is 5.75 Å². The Morgan fingerprint density at radius 2 is 2.00 bits per heavy atom. The molecule has 5 nitrogen and oxygen atoms in total. The van der Waals surface area contributed by atoms with Crippen molar-refractivity contribution >= 4 is 23.0 Å². The van der Waals surface area contributed by atoms with Crippen LogP contribution in [0.25, 0.3) is 10.9 Å². The summed E-state index contributed by atoms with van der Waals surface area (Å²) in [6, 6.07) is 15.7. The number of carbonyl (C=O) groups is 1. The van der Waals surface area contributed by atoms with Crippen LogP contribution in [-0.2, 0) is 11.8 Å². The molecule has 3 aromatic rings. The quantitative estimate of drug-likeness (QED) is 0.574. The zero-order valence-electron chi connectivity index (χ0n) is 14.6. The predicted octanol–water partition coefficient (Wildman–Crippen LogP) is 3.32. The third-order valence-electron chi connectivity index (χ3n) is 4.19. The van der Waals surface area contributed by atoms with Gasteiger partial charge in [-0.2, -0.15) is 5.10 Å². The lowest BCUT2D eigenvalue weighted by Gasteiger charge is -2.05. The molecule has 0 aliphatic rings. The summed E-state index contributed by atoms with van der Waals surface area (Å²) in [7, 11) is 2.02. The minimum atomic E-state index is -0.296. The summed E-state index contributed by atoms with van der Waals surface area (Å²) >= 11 is 0. The van der Waals surface area contributed by atoms with Crippen molar-refractivity contribution in [3.8, 4) is 5.75 Å². The standard InChI is InChI=1S/C20H21N3O2/c1-14-7-6-8-16(11-14)25-13-20(24)22-21-12-18-15(2)23(3)19-10-5-4-9-17(18)19/h4-12H,13H2,1-3H3,(H,22,24)/b21-12-. The Kier molecular flexibility index (Phi) is 4.84. The van der Waals surface area contributed by atoms with Crippen LogP contribution >= 0.6 is 0 Å². The average Bonchev–Trinajstić information content (AvgIpc) is 2.85. The Labute approximate surface area is 146 Å². The van der Waals surface area contributed by atoms with Gasteiger partial charge < -0.3 is 9.30 Å². The van der Waals surface area contributed by atoms with Crippen molar-refractivity contribution in [3.63, 3.8) is 0 Å². The molecule has 0 aliphatic carbocycles. The van der Waals surface area contributed by atoms with Gasteiger partial charge in [-0.1, -0.05) is 30.3 Å². The number of aromatic nitrogens is 1. The molecule has 3 rings (SSSR count). The van der Waals surface area contributed by atoms with Crippen molar-refractivity contribution in [1.82, 2.24) is 9.99 Å². The second-order valence-electron chi connectivity index (χ2n) is 5.97. The summed E-state index contributed by atoms with van der Waals surface area (Å²) < 4.78 is 7.57. The number of hydrazone groups is 1. The van der Waals surface area contributed by atoms with Crippen molar-refractivity contribution in [2.45, 2.75) is 13.8 Å². The maximum absolute atomic E-state index is 11.9. The van der Waals surface area contributed by atoms with Crippen LogP contribution in [0.4, 0.5) is 0 Å². The summed E-state index contributed by atoms with van der Waals surface area (Å²) in [5, 5.41) is 5.19. The Morgan fingerprint density at radius 3 is 2.80 bits per heavy atom. The number of fused-ring (bicyclic) bond motifs is 1. The maximum Gasteiger partial charge on any atom is 0.277 e. The largest absolute Gasteiger partial charge is 0.484 e. The van der Waals surface area contributed by atoms with Crippen LogP contribution in [0.1, 0.15) is 16.8 Å². The van der Waals surface area contributed by atoms with E-state index in [1.165, 1.54) is 0 Å². The summed E-state index contributed by atoms with van der Waals surface area (Å²) in [6.45, 7) is 3.93. The number of aryl methyl sites for hydroxylation is 2. The third kappa shape index (κ3) is 3.71. The molecule has 0 unspecified atom stereocenters. The number of rotatable bonds is 5. The fraction of sp³-hybridized carbons (Fsp3) is 0.200. The molecule has 1 aromatic heterocycles. The fourth-order valence-corrected chi connectivity index (χ4v) is 2.77. The van der Waals surface area contributed by atoms with Gasteiger partial charge >= 0.3 is 0 Å². The molecule has 2 aromatic carbocycles. The highest BCUT2D eigenvalue weighted by Crippen LogP contribution is 2.22. The summed E-state index contributed by atoms with van der Waals surface area (Å²) in [5.41, 5.74) is 6.82. The number of hydrogen-bond donors (Lipinski definition) is 1. The molecule has 128 valence electrons. The number of ether oxygens (including phenoxy) is 1. The van der Waals surface area contributed by atoms with Gasteiger partial charge in [0.15, 0.2) is 6.61 Å². The molecule has 5 heteroatoms. The molecule has 0 atom stereocenters. The number of carbonyl (C=O) groups excluding carboxylic acids is 1. The zero-order valence-corrected chi connectivity index (χ0v) is 14.6. The van der Waals surface area contributed by atoms with E-state index in [9.17, 15) is 4.79 Å². The lowest BCUT2D eigenvalue weighted by molar-refractivity contribution is -0.123. The highest BCUT2D eigenvalue weighted by molar-refractivity contribution is 6.01. The van der Waals surface area contributed by atoms with E-state index in [1.54, 1.807) is 6.21 Å². The minimum absolute atomic E-state index is 0.0741. The summed E-state index contributed by atoms with van der Waals surface area (Å²) in [6.07, 6.45) is 1.68. The van der Waals surface area contributed by atoms with Gasteiger partial charge in [-0.05, 0) is 37.6 Å². The molecule has 1 amide bonds. The first-order valence-electron chi connectivity index (χ1n) is 8.11. The molecule has 0 saturated heterocycles. The molecule has 0 saturated carbocycles. The van der Waals surface area contributed by atoms with Gasteiger partial charge in [-0.3, -0.25) is 4.79 Å². The molecule has 0 radical (unpaired) electrons. The Hall–Kier alpha value is -3.08. The molecular weight excluding hydrogens is 314 g/mol. The van der Waals surface area contributed by atoms with E-state index in [1.807, 2.05) is 63.4 Å². The van der Waals surface area contributed by atoms with Crippen molar-refractivity contribution < 1.29 is 9.53 Å². The second kappa shape index (κ2) is 7.21. The van der Waals surface area contributed by atoms with E-state index >= 15 is 0 Å². The maximum atomic E-state index is 11.9. The van der Waals surface area contributed by atoms with Crippen molar-refractivity contribution in [1.29, 1.82) is 0 Å². The first-order valence-corrected chi connectivity index (χ1v) is 8.11. The highest BCUT2D eigenvalue weighted by atomic mass is 16.5. The number of nitrogens with one attached hydrogen (secondary N) is 1. The highest BCUT2D eigenvalue weighted by Gasteiger charge is 2.09. The van der Waals surface area contributed by atoms with Crippen LogP contribution < -0.4 is 10.2 Å². The van der Waals surface area contributed by atoms with Crippen LogP contribution in [0.15, 0.2) is 53.6 Å². The van der Waals surface area contributed by atoms with Crippen LogP contribution in [0.2, 0.25) is 0 Å². The van der Waals surface area contributed by atoms with E-state index in [2.05, 4.69) is 21.2 Å². The lowest BCUT2D eigenvalue weighted by Crippen LogP contribution is -2.24. The Morgan fingerprint density at radius 1 is 1.20 bits per heavy atom. The fourth-order valence-electron chi connectivity index (χ4n) is 2.77. The van der Waals surface area contributed by atoms with Crippen molar-refractivity contribution in [3.05, 3.63) is 65.4 Å². The van der Waals surface area contributed by atoms with Crippen LogP contribution in [0, 0.1) is 13.8 Å². The third-order valence-corrected chi connectivity index (χ3v) is 4.19. The Balaban J connectivity index is 1.63. The number of para-hydroxylation sites is 1. The summed E-state index contributed by atoms with van der Waals surface area (Å²) in [4.78, 5) is 11.9. The number of amides is 1. The molecule has 1 N–H and O–H groups in total. The lowest BCUT2D eigenvalue weighted by atomic mass is 10.1. The molecule has 0 fully saturated rings. The normalized spacial score (nSPS) is 11.2. The molecule has 0 bridgehead atoms. The van der Waals surface area contributed by atoms with Gasteiger partial charge in [0, 0.05) is 29.2 Å². The van der Waals surface area contributed by atoms with Gasteiger partial charge in [0.25, 0.3) is 5.91 Å². The van der Waals surface area contributed by atoms with E-state index in [0.29, 0.717) is 5.75 Å². The molecular formula is C20H21N3O2. The van der Waals surface area contributed by atoms with Crippen molar-refractivity contribution in [2.75, 3.05) is 6.61 Å². The van der Waals surface area contributed by atoms with E-state index in [-0.39, 0.29) is 12.5 Å². The predicted molar refractivity (Wildman–Crippen MR) is 100 cm³/mol. The molecule has 0 spiro atoms. The SMILES string of the molecule is Cc1cccc(OCC(=O)N/N=C\c2c(C)n(C)c3ccccc23)c1. The van der Waals surface area contributed by atoms with Crippen molar-refractivity contribution in [2.24, 2.45) is 12.1 Å². The van der Waals surface area contributed by atoms with Gasteiger partial charge in [0.05, 0.1) is 6.21 Å². The number of nitrogens with zero attached hydrogens (tertiary/aromatic N) is 2. The second-order valence-corrected chi connectivity index (χ2v) is 5.97. The molecule has 25 heavy (non-hydrogen) atoms. The smallest absolute Gasteiger partial charge is 0.277 e. The number of benzene rings is 2. The van der Waals surface area contributed by atoms with E-state index < -0.39 is 0 Å². The van der Waals surface area contributed by atoms with Crippen LogP contribution in [0.3, 0.4) is 0 Å². The van der Waals surface area contributed by atoms with E-state index in [0.717, 1.165) is 27.7 Å². The molecule has 1 heterocycles. The van der Waals surface area contributed by atoms with Gasteiger partial charge in [-0.15, -0.1) is 0 Å². The first-order chi connectivity index (χ1) is 12.1. The zero-order chi connectivity index (χ0) is 17.8. The van der Waals surface area contributed by atoms with E-state index in [4.69, 9.17) is 4.74 Å². The topological polar surface area (TPSA) is 55.6 Å². The Bertz CT molecular complexity index is 941. The first kappa shape index (κ1) is 16.8. The van der Waals surface area contributed by atoms with Crippen LogP contribution in [-0.4, -0.2) is 23.3 Å². The minimum Gasteiger partial charge on any atom is -0.484 e. The molecule has 0 aliphatic heterocycles. The summed E-state index contributed by atoms with van der Waals surface area (Å²) in [5.74, 6) is 0.375. The van der Waals surface area contributed by atoms with Gasteiger partial charge in [0.2, 0.25) is 0 Å². The average molecular weight is 335 g/mol. The van der Waals surface area contributed by atoms with Gasteiger partial charge in [-0.25, -0.2) is 5.43 Å². The monoisotopic (exact) mass is 335 g/mol.